The molecule has 0 aromatic heterocycles. The van der Waals surface area contributed by atoms with Crippen LogP contribution in [0, 0.1) is 0 Å². The Bertz CT molecular complexity index is 513. The Morgan fingerprint density at radius 2 is 1.86 bits per heavy atom. The molecule has 0 radical (unpaired) electrons. The third-order valence-electron chi connectivity index (χ3n) is 3.40. The molecule has 0 amide bonds. The number of nitrogens with one attached hydrogen (secondary N) is 1. The zero-order chi connectivity index (χ0) is 15.7. The fraction of sp³-hybridized carbons (Fsp3) is 0.600. The van der Waals surface area contributed by atoms with Gasteiger partial charge in [-0.1, -0.05) is 38.1 Å². The van der Waals surface area contributed by atoms with Crippen molar-refractivity contribution in [2.24, 2.45) is 0 Å². The Hall–Kier alpha value is -0.950. The molecule has 2 N–H and O–H groups in total. The summed E-state index contributed by atoms with van der Waals surface area (Å²) in [6.45, 7) is 7.44. The molecule has 0 saturated heterocycles. The van der Waals surface area contributed by atoms with Gasteiger partial charge in [0.1, 0.15) is 0 Å². The van der Waals surface area contributed by atoms with Crippen molar-refractivity contribution in [1.29, 1.82) is 0 Å². The van der Waals surface area contributed by atoms with E-state index in [4.69, 9.17) is 5.11 Å². The molecule has 1 rings (SSSR count). The molecule has 21 heavy (non-hydrogen) atoms. The minimum atomic E-state index is -3.32. The second kappa shape index (κ2) is 9.15. The number of benzene rings is 1. The van der Waals surface area contributed by atoms with Crippen LogP contribution in [0.1, 0.15) is 31.4 Å². The van der Waals surface area contributed by atoms with E-state index in [2.05, 4.69) is 23.5 Å². The summed E-state index contributed by atoms with van der Waals surface area (Å²) in [5.74, 6) is -0.0495. The van der Waals surface area contributed by atoms with Crippen LogP contribution in [0.15, 0.2) is 24.3 Å². The fourth-order valence-corrected chi connectivity index (χ4v) is 3.33. The Kier molecular flexibility index (Phi) is 7.88. The van der Waals surface area contributed by atoms with Crippen molar-refractivity contribution in [3.05, 3.63) is 35.4 Å². The van der Waals surface area contributed by atoms with Crippen LogP contribution in [-0.4, -0.2) is 44.6 Å². The monoisotopic (exact) mass is 314 g/mol. The molecule has 0 atom stereocenters. The summed E-state index contributed by atoms with van der Waals surface area (Å²) >= 11 is 0. The van der Waals surface area contributed by atoms with Gasteiger partial charge in [-0.3, -0.25) is 0 Å². The number of aliphatic hydroxyl groups excluding tert-OH is 1. The third kappa shape index (κ3) is 7.04. The highest BCUT2D eigenvalue weighted by Gasteiger charge is 2.11. The van der Waals surface area contributed by atoms with E-state index < -0.39 is 10.0 Å². The van der Waals surface area contributed by atoms with E-state index >= 15 is 0 Å². The van der Waals surface area contributed by atoms with E-state index in [1.165, 1.54) is 0 Å². The van der Waals surface area contributed by atoms with E-state index in [1.54, 1.807) is 24.3 Å². The number of hydrogen-bond donors (Lipinski definition) is 2. The highest BCUT2D eigenvalue weighted by molar-refractivity contribution is 7.88. The van der Waals surface area contributed by atoms with Gasteiger partial charge >= 0.3 is 0 Å². The lowest BCUT2D eigenvalue weighted by Gasteiger charge is -2.17. The van der Waals surface area contributed by atoms with E-state index in [0.717, 1.165) is 31.6 Å². The van der Waals surface area contributed by atoms with Crippen molar-refractivity contribution in [2.75, 3.05) is 26.2 Å². The first-order valence-corrected chi connectivity index (χ1v) is 9.04. The van der Waals surface area contributed by atoms with Gasteiger partial charge < -0.3 is 10.0 Å². The Balaban J connectivity index is 2.43. The smallest absolute Gasteiger partial charge is 0.215 e. The Morgan fingerprint density at radius 3 is 2.48 bits per heavy atom. The van der Waals surface area contributed by atoms with Gasteiger partial charge in [-0.05, 0) is 37.2 Å². The van der Waals surface area contributed by atoms with Crippen LogP contribution in [0.4, 0.5) is 0 Å². The van der Waals surface area contributed by atoms with Crippen LogP contribution in [0.25, 0.3) is 0 Å². The molecule has 0 aliphatic rings. The third-order valence-corrected chi connectivity index (χ3v) is 4.76. The Labute approximate surface area is 128 Å². The largest absolute Gasteiger partial charge is 0.392 e. The van der Waals surface area contributed by atoms with Crippen molar-refractivity contribution in [1.82, 2.24) is 9.62 Å². The maximum Gasteiger partial charge on any atom is 0.215 e. The lowest BCUT2D eigenvalue weighted by molar-refractivity contribution is 0.282. The van der Waals surface area contributed by atoms with Gasteiger partial charge in [-0.25, -0.2) is 13.1 Å². The van der Waals surface area contributed by atoms with Gasteiger partial charge in [-0.15, -0.1) is 0 Å². The molecule has 5 nitrogen and oxygen atoms in total. The van der Waals surface area contributed by atoms with Crippen molar-refractivity contribution < 1.29 is 13.5 Å². The first-order valence-electron chi connectivity index (χ1n) is 7.39. The molecule has 1 aromatic rings. The lowest BCUT2D eigenvalue weighted by atomic mass is 10.1. The summed E-state index contributed by atoms with van der Waals surface area (Å²) in [6.07, 6.45) is 0.803. The predicted molar refractivity (Wildman–Crippen MR) is 85.4 cm³/mol. The number of rotatable bonds is 10. The highest BCUT2D eigenvalue weighted by Crippen LogP contribution is 2.08. The molecule has 0 bridgehead atoms. The van der Waals surface area contributed by atoms with E-state index in [-0.39, 0.29) is 12.4 Å². The standard InChI is InChI=1S/C15H26N2O3S/c1-3-17(4-2)10-6-9-16-21(19,20)13-15-8-5-7-14(11-15)12-18/h5,7-8,11,16,18H,3-4,6,9-10,12-13H2,1-2H3. The molecule has 0 fully saturated rings. The molecular weight excluding hydrogens is 288 g/mol. The zero-order valence-electron chi connectivity index (χ0n) is 12.9. The number of hydrogen-bond acceptors (Lipinski definition) is 4. The van der Waals surface area contributed by atoms with Gasteiger partial charge in [-0.2, -0.15) is 0 Å². The first-order chi connectivity index (χ1) is 10.0. The van der Waals surface area contributed by atoms with Gasteiger partial charge in [0.25, 0.3) is 0 Å². The fourth-order valence-electron chi connectivity index (χ4n) is 2.16. The van der Waals surface area contributed by atoms with Crippen LogP contribution < -0.4 is 4.72 Å². The summed E-state index contributed by atoms with van der Waals surface area (Å²) in [7, 11) is -3.32. The van der Waals surface area contributed by atoms with E-state index in [1.807, 2.05) is 0 Å². The average molecular weight is 314 g/mol. The summed E-state index contributed by atoms with van der Waals surface area (Å²) in [5, 5.41) is 9.06. The summed E-state index contributed by atoms with van der Waals surface area (Å²) in [6, 6.07) is 7.01. The van der Waals surface area contributed by atoms with Crippen LogP contribution in [0.5, 0.6) is 0 Å². The quantitative estimate of drug-likeness (QED) is 0.639. The van der Waals surface area contributed by atoms with Crippen molar-refractivity contribution in [3.8, 4) is 0 Å². The number of aliphatic hydroxyl groups is 1. The van der Waals surface area contributed by atoms with E-state index in [9.17, 15) is 8.42 Å². The lowest BCUT2D eigenvalue weighted by Crippen LogP contribution is -2.30. The minimum Gasteiger partial charge on any atom is -0.392 e. The molecule has 0 aliphatic carbocycles. The molecule has 0 saturated carbocycles. The summed E-state index contributed by atoms with van der Waals surface area (Å²) in [4.78, 5) is 2.26. The Morgan fingerprint density at radius 1 is 1.19 bits per heavy atom. The topological polar surface area (TPSA) is 69.6 Å². The second-order valence-electron chi connectivity index (χ2n) is 5.01. The minimum absolute atomic E-state index is 0.0495. The normalized spacial score (nSPS) is 12.0. The number of nitrogens with zero attached hydrogens (tertiary/aromatic N) is 1. The van der Waals surface area contributed by atoms with Crippen LogP contribution in [0.2, 0.25) is 0 Å². The maximum atomic E-state index is 12.0. The molecular formula is C15H26N2O3S. The highest BCUT2D eigenvalue weighted by atomic mass is 32.2. The predicted octanol–water partition coefficient (Wildman–Crippen LogP) is 1.33. The summed E-state index contributed by atoms with van der Waals surface area (Å²) in [5.41, 5.74) is 1.42. The molecule has 0 heterocycles. The second-order valence-corrected chi connectivity index (χ2v) is 6.82. The molecule has 0 unspecified atom stereocenters. The van der Waals surface area contributed by atoms with E-state index in [0.29, 0.717) is 12.1 Å². The van der Waals surface area contributed by atoms with Crippen molar-refractivity contribution >= 4 is 10.0 Å². The molecule has 0 aliphatic heterocycles. The maximum absolute atomic E-state index is 12.0. The molecule has 0 spiro atoms. The summed E-state index contributed by atoms with van der Waals surface area (Å²) < 4.78 is 26.6. The van der Waals surface area contributed by atoms with Gasteiger partial charge in [0, 0.05) is 6.54 Å². The van der Waals surface area contributed by atoms with Crippen molar-refractivity contribution in [2.45, 2.75) is 32.6 Å². The van der Waals surface area contributed by atoms with Gasteiger partial charge in [0.15, 0.2) is 0 Å². The van der Waals surface area contributed by atoms with Crippen LogP contribution in [0.3, 0.4) is 0 Å². The van der Waals surface area contributed by atoms with Gasteiger partial charge in [0.2, 0.25) is 10.0 Å². The van der Waals surface area contributed by atoms with Gasteiger partial charge in [0.05, 0.1) is 12.4 Å². The molecule has 6 heteroatoms. The molecule has 120 valence electrons. The number of sulfonamides is 1. The first kappa shape index (κ1) is 18.1. The van der Waals surface area contributed by atoms with Crippen LogP contribution >= 0.6 is 0 Å². The van der Waals surface area contributed by atoms with Crippen molar-refractivity contribution in [3.63, 3.8) is 0 Å². The molecule has 1 aromatic carbocycles. The zero-order valence-corrected chi connectivity index (χ0v) is 13.7. The average Bonchev–Trinajstić information content (AvgIpc) is 2.47. The SMILES string of the molecule is CCN(CC)CCCNS(=O)(=O)Cc1cccc(CO)c1. The van der Waals surface area contributed by atoms with Crippen LogP contribution in [-0.2, 0) is 22.4 Å².